The Morgan fingerprint density at radius 3 is 2.79 bits per heavy atom. The zero-order valence-electron chi connectivity index (χ0n) is 10.7. The Morgan fingerprint density at radius 2 is 1.95 bits per heavy atom. The van der Waals surface area contributed by atoms with E-state index in [-0.39, 0.29) is 0 Å². The summed E-state index contributed by atoms with van der Waals surface area (Å²) in [6.07, 6.45) is 1.87. The van der Waals surface area contributed by atoms with Crippen molar-refractivity contribution in [2.75, 3.05) is 0 Å². The highest BCUT2D eigenvalue weighted by atomic mass is 16.3. The molecule has 3 rings (SSSR count). The maximum absolute atomic E-state index is 9.79. The third-order valence-electron chi connectivity index (χ3n) is 3.25. The monoisotopic (exact) mass is 253 g/mol. The summed E-state index contributed by atoms with van der Waals surface area (Å²) in [7, 11) is 0. The Hall–Kier alpha value is -2.20. The Kier molecular flexibility index (Phi) is 3.01. The molecule has 1 atom stereocenters. The van der Waals surface area contributed by atoms with Gasteiger partial charge in [-0.3, -0.25) is 0 Å². The van der Waals surface area contributed by atoms with Crippen molar-refractivity contribution in [2.24, 2.45) is 0 Å². The van der Waals surface area contributed by atoms with Crippen molar-refractivity contribution < 1.29 is 5.11 Å². The number of hydrogen-bond donors (Lipinski definition) is 1. The van der Waals surface area contributed by atoms with Crippen LogP contribution in [0, 0.1) is 0 Å². The zero-order chi connectivity index (χ0) is 13.2. The van der Waals surface area contributed by atoms with E-state index >= 15 is 0 Å². The van der Waals surface area contributed by atoms with Crippen molar-refractivity contribution in [1.29, 1.82) is 0 Å². The first kappa shape index (κ1) is 11.9. The van der Waals surface area contributed by atoms with Crippen LogP contribution < -0.4 is 0 Å². The predicted molar refractivity (Wildman–Crippen MR) is 74.1 cm³/mol. The van der Waals surface area contributed by atoms with E-state index in [1.54, 1.807) is 10.9 Å². The molecule has 4 heteroatoms. The van der Waals surface area contributed by atoms with Gasteiger partial charge in [-0.1, -0.05) is 48.5 Å². The molecule has 0 aliphatic carbocycles. The fourth-order valence-electron chi connectivity index (χ4n) is 2.16. The average molecular weight is 253 g/mol. The summed E-state index contributed by atoms with van der Waals surface area (Å²) in [6.45, 7) is 1.92. The molecule has 1 N–H and O–H groups in total. The molecule has 0 aliphatic heterocycles. The Morgan fingerprint density at radius 1 is 1.16 bits per heavy atom. The lowest BCUT2D eigenvalue weighted by atomic mass is 10.1. The fourth-order valence-corrected chi connectivity index (χ4v) is 2.16. The summed E-state index contributed by atoms with van der Waals surface area (Å²) in [5, 5.41) is 20.2. The lowest BCUT2D eigenvalue weighted by molar-refractivity contribution is 0.169. The summed E-state index contributed by atoms with van der Waals surface area (Å²) in [6, 6.07) is 14.2. The van der Waals surface area contributed by atoms with Crippen LogP contribution in [0.1, 0.15) is 25.1 Å². The van der Waals surface area contributed by atoms with E-state index in [1.807, 2.05) is 31.2 Å². The number of aliphatic hydroxyl groups is 1. The SMILES string of the molecule is CCC(O)c1cn(-c2cccc3ccccc23)nn1. The maximum Gasteiger partial charge on any atom is 0.112 e. The molecule has 96 valence electrons. The first-order valence-corrected chi connectivity index (χ1v) is 6.38. The van der Waals surface area contributed by atoms with Crippen LogP contribution in [0.3, 0.4) is 0 Å². The summed E-state index contributed by atoms with van der Waals surface area (Å²) in [4.78, 5) is 0. The number of aliphatic hydroxyl groups excluding tert-OH is 1. The van der Waals surface area contributed by atoms with Crippen molar-refractivity contribution in [1.82, 2.24) is 15.0 Å². The van der Waals surface area contributed by atoms with E-state index in [1.165, 1.54) is 0 Å². The van der Waals surface area contributed by atoms with Crippen LogP contribution in [0.25, 0.3) is 16.5 Å². The van der Waals surface area contributed by atoms with Gasteiger partial charge in [0.25, 0.3) is 0 Å². The molecule has 19 heavy (non-hydrogen) atoms. The van der Waals surface area contributed by atoms with E-state index < -0.39 is 6.10 Å². The van der Waals surface area contributed by atoms with E-state index in [4.69, 9.17) is 0 Å². The molecule has 0 spiro atoms. The lowest BCUT2D eigenvalue weighted by Gasteiger charge is -2.05. The van der Waals surface area contributed by atoms with Gasteiger partial charge in [0.05, 0.1) is 18.0 Å². The van der Waals surface area contributed by atoms with Crippen LogP contribution in [0.2, 0.25) is 0 Å². The second kappa shape index (κ2) is 4.82. The first-order valence-electron chi connectivity index (χ1n) is 6.38. The smallest absolute Gasteiger partial charge is 0.112 e. The van der Waals surface area contributed by atoms with E-state index in [2.05, 4.69) is 28.5 Å². The molecule has 2 aromatic carbocycles. The minimum atomic E-state index is -0.552. The van der Waals surface area contributed by atoms with Crippen LogP contribution in [0.5, 0.6) is 0 Å². The van der Waals surface area contributed by atoms with Crippen LogP contribution in [-0.2, 0) is 0 Å². The average Bonchev–Trinajstić information content (AvgIpc) is 2.95. The van der Waals surface area contributed by atoms with Crippen LogP contribution in [0.4, 0.5) is 0 Å². The highest BCUT2D eigenvalue weighted by molar-refractivity contribution is 5.89. The van der Waals surface area contributed by atoms with Gasteiger partial charge < -0.3 is 5.11 Å². The lowest BCUT2D eigenvalue weighted by Crippen LogP contribution is -1.96. The number of nitrogens with zero attached hydrogens (tertiary/aromatic N) is 3. The molecule has 1 unspecified atom stereocenters. The van der Waals surface area contributed by atoms with Gasteiger partial charge in [-0.15, -0.1) is 5.10 Å². The van der Waals surface area contributed by atoms with Gasteiger partial charge in [-0.25, -0.2) is 4.68 Å². The molecule has 3 aromatic rings. The van der Waals surface area contributed by atoms with Crippen molar-refractivity contribution in [3.05, 3.63) is 54.4 Å². The van der Waals surface area contributed by atoms with Crippen molar-refractivity contribution in [3.63, 3.8) is 0 Å². The summed E-state index contributed by atoms with van der Waals surface area (Å²) >= 11 is 0. The Labute approximate surface area is 111 Å². The van der Waals surface area contributed by atoms with Gasteiger partial charge >= 0.3 is 0 Å². The molecule has 0 radical (unpaired) electrons. The Bertz CT molecular complexity index is 700. The maximum atomic E-state index is 9.79. The largest absolute Gasteiger partial charge is 0.387 e. The van der Waals surface area contributed by atoms with Gasteiger partial charge in [0.1, 0.15) is 5.69 Å². The minimum Gasteiger partial charge on any atom is -0.387 e. The summed E-state index contributed by atoms with van der Waals surface area (Å²) < 4.78 is 1.72. The normalized spacial score (nSPS) is 12.7. The second-order valence-electron chi connectivity index (χ2n) is 4.51. The number of aromatic nitrogens is 3. The van der Waals surface area contributed by atoms with Crippen molar-refractivity contribution >= 4 is 10.8 Å². The van der Waals surface area contributed by atoms with E-state index in [9.17, 15) is 5.11 Å². The molecule has 1 aromatic heterocycles. The topological polar surface area (TPSA) is 50.9 Å². The van der Waals surface area contributed by atoms with Crippen molar-refractivity contribution in [3.8, 4) is 5.69 Å². The van der Waals surface area contributed by atoms with Crippen LogP contribution >= 0.6 is 0 Å². The second-order valence-corrected chi connectivity index (χ2v) is 4.51. The molecule has 0 bridgehead atoms. The molecule has 0 saturated carbocycles. The molecule has 0 saturated heterocycles. The number of rotatable bonds is 3. The molecule has 1 heterocycles. The molecule has 0 amide bonds. The highest BCUT2D eigenvalue weighted by Crippen LogP contribution is 2.22. The third-order valence-corrected chi connectivity index (χ3v) is 3.25. The zero-order valence-corrected chi connectivity index (χ0v) is 10.7. The van der Waals surface area contributed by atoms with Gasteiger partial charge in [0.15, 0.2) is 0 Å². The standard InChI is InChI=1S/C15H15N3O/c1-2-15(19)13-10-18(17-16-13)14-9-5-7-11-6-3-4-8-12(11)14/h3-10,15,19H,2H2,1H3. The first-order chi connectivity index (χ1) is 9.29. The van der Waals surface area contributed by atoms with Crippen molar-refractivity contribution in [2.45, 2.75) is 19.4 Å². The van der Waals surface area contributed by atoms with Crippen LogP contribution in [-0.4, -0.2) is 20.1 Å². The summed E-state index contributed by atoms with van der Waals surface area (Å²) in [5.74, 6) is 0. The molecular formula is C15H15N3O. The third kappa shape index (κ3) is 2.11. The molecule has 0 aliphatic rings. The predicted octanol–water partition coefficient (Wildman–Crippen LogP) is 2.86. The van der Waals surface area contributed by atoms with Gasteiger partial charge in [0.2, 0.25) is 0 Å². The molecule has 4 nitrogen and oxygen atoms in total. The quantitative estimate of drug-likeness (QED) is 0.780. The molecular weight excluding hydrogens is 238 g/mol. The van der Waals surface area contributed by atoms with Crippen LogP contribution in [0.15, 0.2) is 48.7 Å². The fraction of sp³-hybridized carbons (Fsp3) is 0.200. The van der Waals surface area contributed by atoms with E-state index in [0.717, 1.165) is 16.5 Å². The number of hydrogen-bond acceptors (Lipinski definition) is 3. The molecule has 0 fully saturated rings. The highest BCUT2D eigenvalue weighted by Gasteiger charge is 2.11. The Balaban J connectivity index is 2.12. The number of fused-ring (bicyclic) bond motifs is 1. The number of benzene rings is 2. The summed E-state index contributed by atoms with van der Waals surface area (Å²) in [5.41, 5.74) is 1.58. The minimum absolute atomic E-state index is 0.552. The van der Waals surface area contributed by atoms with E-state index in [0.29, 0.717) is 12.1 Å². The van der Waals surface area contributed by atoms with Gasteiger partial charge in [-0.05, 0) is 17.9 Å². The van der Waals surface area contributed by atoms with Gasteiger partial charge in [-0.2, -0.15) is 0 Å². The van der Waals surface area contributed by atoms with Gasteiger partial charge in [0, 0.05) is 5.39 Å².